The summed E-state index contributed by atoms with van der Waals surface area (Å²) in [5.41, 5.74) is 4.32. The molecule has 1 aromatic carbocycles. The predicted octanol–water partition coefficient (Wildman–Crippen LogP) is 2.57. The first-order valence-electron chi connectivity index (χ1n) is 6.41. The molecule has 96 valence electrons. The summed E-state index contributed by atoms with van der Waals surface area (Å²) in [4.78, 5) is 0. The van der Waals surface area contributed by atoms with E-state index in [-0.39, 0.29) is 5.41 Å². The van der Waals surface area contributed by atoms with Crippen molar-refractivity contribution >= 4 is 10.9 Å². The number of methoxy groups -OCH3 is 1. The molecule has 3 rings (SSSR count). The highest BCUT2D eigenvalue weighted by Crippen LogP contribution is 2.38. The largest absolute Gasteiger partial charge is 0.497 e. The van der Waals surface area contributed by atoms with E-state index in [1.54, 1.807) is 7.11 Å². The molecule has 0 spiro atoms. The number of rotatable bonds is 1. The average Bonchev–Trinajstić information content (AvgIpc) is 2.63. The van der Waals surface area contributed by atoms with Gasteiger partial charge < -0.3 is 14.6 Å². The van der Waals surface area contributed by atoms with E-state index in [2.05, 4.69) is 42.9 Å². The molecule has 0 fully saturated rings. The smallest absolute Gasteiger partial charge is 0.119 e. The standard InChI is InChI=1S/C15H20N2O/c1-15(2)9-16-8-13-14(15)11-7-10(18-4)5-6-12(11)17(13)3/h5-7,16H,8-9H2,1-4H3. The van der Waals surface area contributed by atoms with Crippen molar-refractivity contribution in [2.24, 2.45) is 7.05 Å². The van der Waals surface area contributed by atoms with Crippen LogP contribution in [-0.4, -0.2) is 18.2 Å². The number of nitrogens with zero attached hydrogens (tertiary/aromatic N) is 1. The first kappa shape index (κ1) is 11.6. The molecule has 0 unspecified atom stereocenters. The van der Waals surface area contributed by atoms with Gasteiger partial charge in [-0.3, -0.25) is 0 Å². The Labute approximate surface area is 108 Å². The number of benzene rings is 1. The van der Waals surface area contributed by atoms with Gasteiger partial charge in [-0.2, -0.15) is 0 Å². The molecule has 3 heteroatoms. The van der Waals surface area contributed by atoms with E-state index in [1.165, 1.54) is 22.2 Å². The molecular weight excluding hydrogens is 224 g/mol. The molecule has 2 aromatic rings. The van der Waals surface area contributed by atoms with Gasteiger partial charge in [0.25, 0.3) is 0 Å². The van der Waals surface area contributed by atoms with Gasteiger partial charge in [-0.05, 0) is 23.8 Å². The predicted molar refractivity (Wildman–Crippen MR) is 74.2 cm³/mol. The number of nitrogens with one attached hydrogen (secondary N) is 1. The zero-order valence-corrected chi connectivity index (χ0v) is 11.5. The summed E-state index contributed by atoms with van der Waals surface area (Å²) < 4.78 is 7.67. The number of ether oxygens (including phenoxy) is 1. The molecule has 0 saturated carbocycles. The summed E-state index contributed by atoms with van der Waals surface area (Å²) >= 11 is 0. The monoisotopic (exact) mass is 244 g/mol. The molecule has 0 saturated heterocycles. The van der Waals surface area contributed by atoms with Crippen molar-refractivity contribution in [2.45, 2.75) is 25.8 Å². The summed E-state index contributed by atoms with van der Waals surface area (Å²) in [5.74, 6) is 0.935. The van der Waals surface area contributed by atoms with Crippen molar-refractivity contribution in [1.82, 2.24) is 9.88 Å². The molecule has 1 aliphatic rings. The maximum absolute atomic E-state index is 5.37. The van der Waals surface area contributed by atoms with E-state index >= 15 is 0 Å². The van der Waals surface area contributed by atoms with Crippen molar-refractivity contribution in [1.29, 1.82) is 0 Å². The Kier molecular flexibility index (Phi) is 2.42. The Hall–Kier alpha value is -1.48. The molecule has 0 atom stereocenters. The molecular formula is C15H20N2O. The van der Waals surface area contributed by atoms with Gasteiger partial charge >= 0.3 is 0 Å². The van der Waals surface area contributed by atoms with Gasteiger partial charge in [-0.15, -0.1) is 0 Å². The molecule has 2 heterocycles. The van der Waals surface area contributed by atoms with E-state index in [4.69, 9.17) is 4.74 Å². The fourth-order valence-corrected chi connectivity index (χ4v) is 3.15. The number of fused-ring (bicyclic) bond motifs is 3. The second-order valence-electron chi connectivity index (χ2n) is 5.75. The molecule has 0 aliphatic carbocycles. The summed E-state index contributed by atoms with van der Waals surface area (Å²) in [6.07, 6.45) is 0. The zero-order chi connectivity index (χ0) is 12.9. The van der Waals surface area contributed by atoms with E-state index in [1.807, 2.05) is 6.07 Å². The van der Waals surface area contributed by atoms with Gasteiger partial charge in [-0.25, -0.2) is 0 Å². The van der Waals surface area contributed by atoms with Crippen LogP contribution in [0.3, 0.4) is 0 Å². The Morgan fingerprint density at radius 2 is 2.11 bits per heavy atom. The topological polar surface area (TPSA) is 26.2 Å². The Morgan fingerprint density at radius 3 is 2.83 bits per heavy atom. The summed E-state index contributed by atoms with van der Waals surface area (Å²) in [5, 5.41) is 4.84. The van der Waals surface area contributed by atoms with Crippen LogP contribution in [0.2, 0.25) is 0 Å². The quantitative estimate of drug-likeness (QED) is 0.834. The lowest BCUT2D eigenvalue weighted by molar-refractivity contribution is 0.415. The number of aromatic nitrogens is 1. The van der Waals surface area contributed by atoms with Crippen LogP contribution in [0, 0.1) is 0 Å². The summed E-state index contributed by atoms with van der Waals surface area (Å²) in [6, 6.07) is 6.36. The molecule has 0 amide bonds. The Bertz CT molecular complexity index is 610. The Morgan fingerprint density at radius 1 is 1.33 bits per heavy atom. The van der Waals surface area contributed by atoms with Gasteiger partial charge in [-0.1, -0.05) is 13.8 Å². The number of hydrogen-bond acceptors (Lipinski definition) is 2. The Balaban J connectivity index is 2.38. The fourth-order valence-electron chi connectivity index (χ4n) is 3.15. The minimum Gasteiger partial charge on any atom is -0.497 e. The maximum atomic E-state index is 5.37. The van der Waals surface area contributed by atoms with Crippen LogP contribution in [0.5, 0.6) is 5.75 Å². The van der Waals surface area contributed by atoms with E-state index in [0.29, 0.717) is 0 Å². The van der Waals surface area contributed by atoms with Gasteiger partial charge in [0.05, 0.1) is 7.11 Å². The second-order valence-corrected chi connectivity index (χ2v) is 5.75. The molecule has 1 aromatic heterocycles. The first-order chi connectivity index (χ1) is 8.54. The first-order valence-corrected chi connectivity index (χ1v) is 6.41. The van der Waals surface area contributed by atoms with Crippen molar-refractivity contribution in [3.05, 3.63) is 29.5 Å². The SMILES string of the molecule is COc1ccc2c(c1)c1c(n2C)CNCC1(C)C. The van der Waals surface area contributed by atoms with Crippen LogP contribution >= 0.6 is 0 Å². The van der Waals surface area contributed by atoms with E-state index in [0.717, 1.165) is 18.8 Å². The molecule has 0 bridgehead atoms. The molecule has 18 heavy (non-hydrogen) atoms. The van der Waals surface area contributed by atoms with Gasteiger partial charge in [0.1, 0.15) is 5.75 Å². The van der Waals surface area contributed by atoms with Crippen LogP contribution in [0.15, 0.2) is 18.2 Å². The van der Waals surface area contributed by atoms with Crippen LogP contribution in [0.25, 0.3) is 10.9 Å². The minimum atomic E-state index is 0.166. The average molecular weight is 244 g/mol. The third-order valence-corrected chi connectivity index (χ3v) is 4.06. The maximum Gasteiger partial charge on any atom is 0.119 e. The second kappa shape index (κ2) is 3.75. The van der Waals surface area contributed by atoms with Crippen LogP contribution in [0.1, 0.15) is 25.1 Å². The summed E-state index contributed by atoms with van der Waals surface area (Å²) in [6.45, 7) is 6.58. The molecule has 3 nitrogen and oxygen atoms in total. The molecule has 0 radical (unpaired) electrons. The van der Waals surface area contributed by atoms with Crippen molar-refractivity contribution in [2.75, 3.05) is 13.7 Å². The highest BCUT2D eigenvalue weighted by Gasteiger charge is 2.32. The highest BCUT2D eigenvalue weighted by molar-refractivity contribution is 5.88. The lowest BCUT2D eigenvalue weighted by Gasteiger charge is -2.31. The zero-order valence-electron chi connectivity index (χ0n) is 11.5. The van der Waals surface area contributed by atoms with Gasteiger partial charge in [0.2, 0.25) is 0 Å². The van der Waals surface area contributed by atoms with E-state index in [9.17, 15) is 0 Å². The molecule has 1 aliphatic heterocycles. The van der Waals surface area contributed by atoms with Crippen molar-refractivity contribution < 1.29 is 4.74 Å². The number of hydrogen-bond donors (Lipinski definition) is 1. The summed E-state index contributed by atoms with van der Waals surface area (Å²) in [7, 11) is 3.87. The minimum absolute atomic E-state index is 0.166. The lowest BCUT2D eigenvalue weighted by atomic mass is 9.80. The molecule has 1 N–H and O–H groups in total. The third kappa shape index (κ3) is 1.47. The van der Waals surface area contributed by atoms with Crippen LogP contribution < -0.4 is 10.1 Å². The normalized spacial score (nSPS) is 17.8. The lowest BCUT2D eigenvalue weighted by Crippen LogP contribution is -2.38. The van der Waals surface area contributed by atoms with Crippen molar-refractivity contribution in [3.8, 4) is 5.75 Å². The number of aryl methyl sites for hydroxylation is 1. The third-order valence-electron chi connectivity index (χ3n) is 4.06. The van der Waals surface area contributed by atoms with Crippen molar-refractivity contribution in [3.63, 3.8) is 0 Å². The highest BCUT2D eigenvalue weighted by atomic mass is 16.5. The van der Waals surface area contributed by atoms with Crippen LogP contribution in [-0.2, 0) is 19.0 Å². The van der Waals surface area contributed by atoms with Gasteiger partial charge in [0.15, 0.2) is 0 Å². The van der Waals surface area contributed by atoms with E-state index < -0.39 is 0 Å². The fraction of sp³-hybridized carbons (Fsp3) is 0.467. The van der Waals surface area contributed by atoms with Crippen LogP contribution in [0.4, 0.5) is 0 Å². The van der Waals surface area contributed by atoms with Gasteiger partial charge in [0, 0.05) is 42.1 Å².